The number of fused-ring (bicyclic) bond motifs is 8. The van der Waals surface area contributed by atoms with Crippen LogP contribution >= 0.6 is 0 Å². The molecule has 2 aliphatic heterocycles. The first-order valence-electron chi connectivity index (χ1n) is 18.0. The highest BCUT2D eigenvalue weighted by Gasteiger charge is 2.24. The molecular weight excluding hydrogens is 621 g/mol. The van der Waals surface area contributed by atoms with E-state index in [0.717, 1.165) is 89.4 Å². The average Bonchev–Trinajstić information content (AvgIpc) is 3.76. The summed E-state index contributed by atoms with van der Waals surface area (Å²) in [4.78, 5) is 47.8. The van der Waals surface area contributed by atoms with Gasteiger partial charge in [0.15, 0.2) is 0 Å². The summed E-state index contributed by atoms with van der Waals surface area (Å²) in [6, 6.07) is 8.37. The predicted molar refractivity (Wildman–Crippen MR) is 210 cm³/mol. The highest BCUT2D eigenvalue weighted by Crippen LogP contribution is 2.38. The Morgan fingerprint density at radius 3 is 1.38 bits per heavy atom. The number of rotatable bonds is 12. The number of aromatic amines is 2. The van der Waals surface area contributed by atoms with Crippen LogP contribution in [0.5, 0.6) is 0 Å². The van der Waals surface area contributed by atoms with Gasteiger partial charge in [0, 0.05) is 72.2 Å². The molecule has 3 aromatic rings. The van der Waals surface area contributed by atoms with Gasteiger partial charge in [0.1, 0.15) is 0 Å². The van der Waals surface area contributed by atoms with E-state index in [1.807, 2.05) is 49.6 Å². The van der Waals surface area contributed by atoms with Crippen LogP contribution in [0, 0.1) is 13.8 Å². The van der Waals surface area contributed by atoms with Crippen molar-refractivity contribution in [2.24, 2.45) is 0 Å². The van der Waals surface area contributed by atoms with Crippen molar-refractivity contribution in [3.05, 3.63) is 82.5 Å². The van der Waals surface area contributed by atoms with Gasteiger partial charge >= 0.3 is 0 Å². The quantitative estimate of drug-likeness (QED) is 0.200. The highest BCUT2D eigenvalue weighted by molar-refractivity contribution is 5.97. The Hall–Kier alpha value is -4.98. The molecule has 5 rings (SSSR count). The fraction of sp³-hybridized carbons (Fsp3) is 0.381. The molecule has 5 heterocycles. The van der Waals surface area contributed by atoms with Crippen LogP contribution in [0.15, 0.2) is 37.4 Å². The number of nitrogens with one attached hydrogen (secondary N) is 2. The number of carbonyl (C=O) groups excluding carboxylic acids is 2. The molecule has 8 nitrogen and oxygen atoms in total. The number of allylic oxidation sites excluding steroid dienone is 4. The largest absolute Gasteiger partial charge is 0.355 e. The molecule has 50 heavy (non-hydrogen) atoms. The van der Waals surface area contributed by atoms with Crippen molar-refractivity contribution in [2.45, 2.75) is 81.1 Å². The molecule has 0 saturated carbocycles. The molecule has 3 aromatic heterocycles. The molecule has 262 valence electrons. The van der Waals surface area contributed by atoms with Crippen molar-refractivity contribution in [3.63, 3.8) is 0 Å². The molecule has 0 aliphatic carbocycles. The van der Waals surface area contributed by atoms with E-state index in [4.69, 9.17) is 9.97 Å². The maximum Gasteiger partial charge on any atom is 0.222 e. The molecule has 0 atom stereocenters. The van der Waals surface area contributed by atoms with E-state index < -0.39 is 0 Å². The van der Waals surface area contributed by atoms with Crippen LogP contribution in [-0.2, 0) is 9.59 Å². The van der Waals surface area contributed by atoms with Gasteiger partial charge in [-0.15, -0.1) is 0 Å². The zero-order valence-corrected chi connectivity index (χ0v) is 31.1. The number of carbonyl (C=O) groups is 2. The molecule has 0 spiro atoms. The molecule has 8 heteroatoms. The van der Waals surface area contributed by atoms with Gasteiger partial charge in [0.25, 0.3) is 0 Å². The standard InChI is InChI=1S/C42H52N6O2/c1-11-29-25(7)33-21-34-27(9)31(17-19-41(49)47(13-3)14-4)39(45-34)24-40-32(18-20-42(50)48(15-5)16-6)28(10)36(46-40)23-38-30(12-2)26(8)35(44-38)22-37(29)43-33/h11-12,21-24,43-44H,1-2,13-20H2,3-10H3. The third-order valence-electron chi connectivity index (χ3n) is 10.5. The number of aromatic nitrogens is 4. The van der Waals surface area contributed by atoms with Gasteiger partial charge in [-0.05, 0) is 126 Å². The Kier molecular flexibility index (Phi) is 11.1. The monoisotopic (exact) mass is 672 g/mol. The fourth-order valence-electron chi connectivity index (χ4n) is 7.24. The van der Waals surface area contributed by atoms with Gasteiger partial charge in [-0.3, -0.25) is 9.59 Å². The normalized spacial score (nSPS) is 12.8. The summed E-state index contributed by atoms with van der Waals surface area (Å²) in [5.41, 5.74) is 15.5. The number of H-pyrrole nitrogens is 2. The second-order valence-electron chi connectivity index (χ2n) is 13.1. The molecule has 2 amide bonds. The van der Waals surface area contributed by atoms with E-state index in [0.29, 0.717) is 51.9 Å². The summed E-state index contributed by atoms with van der Waals surface area (Å²) < 4.78 is 0. The van der Waals surface area contributed by atoms with Crippen molar-refractivity contribution >= 4 is 68.3 Å². The SMILES string of the molecule is C=Cc1c(C)c2cc3[nH]c(cc4nc(cc5nc(cc1[nH]2)C(C)=C5CCC(=O)N(CC)CC)C(CCC(=O)N(CC)CC)=C4C)c(C)c3C=C. The second-order valence-corrected chi connectivity index (χ2v) is 13.1. The Labute approximate surface area is 296 Å². The summed E-state index contributed by atoms with van der Waals surface area (Å²) >= 11 is 0. The number of hydrogen-bond donors (Lipinski definition) is 2. The van der Waals surface area contributed by atoms with Crippen molar-refractivity contribution in [1.82, 2.24) is 29.7 Å². The van der Waals surface area contributed by atoms with Crippen LogP contribution in [0.4, 0.5) is 0 Å². The second kappa shape index (κ2) is 15.3. The molecule has 0 fully saturated rings. The lowest BCUT2D eigenvalue weighted by Crippen LogP contribution is -2.30. The maximum absolute atomic E-state index is 13.2. The maximum atomic E-state index is 13.2. The van der Waals surface area contributed by atoms with Crippen molar-refractivity contribution in [2.75, 3.05) is 26.2 Å². The van der Waals surface area contributed by atoms with E-state index >= 15 is 0 Å². The van der Waals surface area contributed by atoms with Crippen LogP contribution in [0.3, 0.4) is 0 Å². The van der Waals surface area contributed by atoms with Crippen LogP contribution in [0.2, 0.25) is 0 Å². The molecule has 0 radical (unpaired) electrons. The number of aryl methyl sites for hydroxylation is 2. The van der Waals surface area contributed by atoms with E-state index in [1.54, 1.807) is 0 Å². The molecule has 0 aromatic carbocycles. The number of nitrogens with zero attached hydrogens (tertiary/aromatic N) is 4. The minimum Gasteiger partial charge on any atom is -0.355 e. The fourth-order valence-corrected chi connectivity index (χ4v) is 7.24. The van der Waals surface area contributed by atoms with Crippen LogP contribution in [0.25, 0.3) is 56.5 Å². The molecule has 8 bridgehead atoms. The molecule has 2 N–H and O–H groups in total. The number of amides is 2. The zero-order valence-electron chi connectivity index (χ0n) is 31.1. The minimum atomic E-state index is 0.133. The Morgan fingerprint density at radius 1 is 0.600 bits per heavy atom. The van der Waals surface area contributed by atoms with E-state index in [9.17, 15) is 9.59 Å². The Bertz CT molecular complexity index is 2080. The Morgan fingerprint density at radius 2 is 0.980 bits per heavy atom. The van der Waals surface area contributed by atoms with Gasteiger partial charge in [-0.25, -0.2) is 9.97 Å². The Balaban J connectivity index is 1.81. The summed E-state index contributed by atoms with van der Waals surface area (Å²) in [5.74, 6) is 0.267. The smallest absolute Gasteiger partial charge is 0.222 e. The van der Waals surface area contributed by atoms with Gasteiger partial charge in [0.2, 0.25) is 11.8 Å². The van der Waals surface area contributed by atoms with E-state index in [2.05, 4.69) is 75.1 Å². The first-order chi connectivity index (χ1) is 24.0. The highest BCUT2D eigenvalue weighted by atomic mass is 16.2. The van der Waals surface area contributed by atoms with E-state index in [1.165, 1.54) is 0 Å². The molecule has 2 aliphatic rings. The summed E-state index contributed by atoms with van der Waals surface area (Å²) in [6.45, 7) is 27.4. The first-order valence-corrected chi connectivity index (χ1v) is 18.0. The minimum absolute atomic E-state index is 0.133. The van der Waals surface area contributed by atoms with Crippen molar-refractivity contribution in [1.29, 1.82) is 0 Å². The van der Waals surface area contributed by atoms with Crippen LogP contribution < -0.4 is 0 Å². The molecular formula is C42H52N6O2. The lowest BCUT2D eigenvalue weighted by Gasteiger charge is -2.19. The van der Waals surface area contributed by atoms with Gasteiger partial charge in [-0.2, -0.15) is 0 Å². The molecule has 0 unspecified atom stereocenters. The topological polar surface area (TPSA) is 98.0 Å². The summed E-state index contributed by atoms with van der Waals surface area (Å²) in [6.07, 6.45) is 5.69. The van der Waals surface area contributed by atoms with Crippen molar-refractivity contribution in [3.8, 4) is 0 Å². The average molecular weight is 673 g/mol. The summed E-state index contributed by atoms with van der Waals surface area (Å²) in [7, 11) is 0. The van der Waals surface area contributed by atoms with Gasteiger partial charge < -0.3 is 19.8 Å². The van der Waals surface area contributed by atoms with Gasteiger partial charge in [0.05, 0.1) is 22.8 Å². The third kappa shape index (κ3) is 6.89. The molecule has 0 saturated heterocycles. The zero-order chi connectivity index (χ0) is 36.3. The number of hydrogen-bond acceptors (Lipinski definition) is 4. The lowest BCUT2D eigenvalue weighted by atomic mass is 9.98. The summed E-state index contributed by atoms with van der Waals surface area (Å²) in [5, 5.41) is 0. The van der Waals surface area contributed by atoms with Gasteiger partial charge in [-0.1, -0.05) is 25.3 Å². The first kappa shape index (κ1) is 36.3. The van der Waals surface area contributed by atoms with Crippen molar-refractivity contribution < 1.29 is 9.59 Å². The van der Waals surface area contributed by atoms with Crippen LogP contribution in [-0.4, -0.2) is 67.7 Å². The van der Waals surface area contributed by atoms with E-state index in [-0.39, 0.29) is 11.8 Å². The third-order valence-corrected chi connectivity index (χ3v) is 10.5. The van der Waals surface area contributed by atoms with Crippen LogP contribution in [0.1, 0.15) is 112 Å². The lowest BCUT2D eigenvalue weighted by molar-refractivity contribution is -0.131. The predicted octanol–water partition coefficient (Wildman–Crippen LogP) is 9.38.